The first kappa shape index (κ1) is 16.4. The molecule has 2 aromatic heterocycles. The van der Waals surface area contributed by atoms with Crippen molar-refractivity contribution in [2.75, 3.05) is 19.0 Å². The van der Waals surface area contributed by atoms with Gasteiger partial charge in [0.2, 0.25) is 0 Å². The third kappa shape index (κ3) is 3.07. The maximum atomic E-state index is 4.47. The van der Waals surface area contributed by atoms with Gasteiger partial charge in [-0.1, -0.05) is 36.4 Å². The van der Waals surface area contributed by atoms with E-state index in [4.69, 9.17) is 0 Å². The molecule has 0 amide bonds. The Labute approximate surface area is 161 Å². The van der Waals surface area contributed by atoms with Crippen molar-refractivity contribution in [3.05, 3.63) is 64.8 Å². The zero-order chi connectivity index (χ0) is 18.2. The number of nitrogens with one attached hydrogen (secondary N) is 1. The molecule has 0 saturated heterocycles. The van der Waals surface area contributed by atoms with Crippen molar-refractivity contribution >= 4 is 44.4 Å². The van der Waals surface area contributed by atoms with Crippen LogP contribution < -0.4 is 5.43 Å². The Kier molecular flexibility index (Phi) is 4.07. The molecule has 3 heterocycles. The van der Waals surface area contributed by atoms with Crippen LogP contribution in [0.4, 0.5) is 5.82 Å². The summed E-state index contributed by atoms with van der Waals surface area (Å²) < 4.78 is 0. The molecule has 2 aromatic carbocycles. The van der Waals surface area contributed by atoms with Gasteiger partial charge < -0.3 is 4.90 Å². The number of hydrazone groups is 1. The number of likely N-dealkylation sites (N-methyl/N-ethyl adjacent to an activating group) is 1. The molecular formula is C21H19N5S. The van der Waals surface area contributed by atoms with Crippen molar-refractivity contribution in [1.82, 2.24) is 14.9 Å². The van der Waals surface area contributed by atoms with Gasteiger partial charge in [-0.15, -0.1) is 11.3 Å². The highest BCUT2D eigenvalue weighted by Crippen LogP contribution is 2.36. The van der Waals surface area contributed by atoms with Crippen LogP contribution in [-0.2, 0) is 13.0 Å². The van der Waals surface area contributed by atoms with Crippen LogP contribution in [0.5, 0.6) is 0 Å². The SMILES string of the molecule is CN1CCc2c(sc3ncnc(N/N=C/c4ccc5ccccc5c4)c23)C1. The summed E-state index contributed by atoms with van der Waals surface area (Å²) in [4.78, 5) is 13.7. The molecule has 1 aliphatic heterocycles. The van der Waals surface area contributed by atoms with Crippen molar-refractivity contribution in [3.8, 4) is 0 Å². The van der Waals surface area contributed by atoms with E-state index in [0.29, 0.717) is 0 Å². The van der Waals surface area contributed by atoms with Crippen LogP contribution in [0.3, 0.4) is 0 Å². The Morgan fingerprint density at radius 3 is 2.96 bits per heavy atom. The molecule has 6 heteroatoms. The van der Waals surface area contributed by atoms with Gasteiger partial charge in [0.15, 0.2) is 5.82 Å². The molecule has 0 bridgehead atoms. The number of nitrogens with zero attached hydrogens (tertiary/aromatic N) is 4. The summed E-state index contributed by atoms with van der Waals surface area (Å²) in [5.41, 5.74) is 5.57. The standard InChI is InChI=1S/C21H19N5S/c1-26-9-8-17-18(12-26)27-21-19(17)20(22-13-23-21)25-24-11-14-6-7-15-4-2-3-5-16(15)10-14/h2-7,10-11,13H,8-9,12H2,1H3,(H,22,23,25)/b24-11+. The quantitative estimate of drug-likeness (QED) is 0.430. The highest BCUT2D eigenvalue weighted by atomic mass is 32.1. The van der Waals surface area contributed by atoms with Crippen molar-refractivity contribution in [1.29, 1.82) is 0 Å². The number of thiophene rings is 1. The largest absolute Gasteiger partial charge is 0.301 e. The van der Waals surface area contributed by atoms with E-state index in [1.165, 1.54) is 21.2 Å². The van der Waals surface area contributed by atoms with E-state index in [1.807, 2.05) is 6.21 Å². The molecule has 1 N–H and O–H groups in total. The number of hydrogen-bond acceptors (Lipinski definition) is 6. The molecule has 4 aromatic rings. The average molecular weight is 373 g/mol. The Bertz CT molecular complexity index is 1160. The number of fused-ring (bicyclic) bond motifs is 4. The minimum Gasteiger partial charge on any atom is -0.301 e. The van der Waals surface area contributed by atoms with Gasteiger partial charge in [0, 0.05) is 18.0 Å². The Balaban J connectivity index is 1.45. The summed E-state index contributed by atoms with van der Waals surface area (Å²) in [5.74, 6) is 0.791. The number of aromatic nitrogens is 2. The van der Waals surface area contributed by atoms with E-state index in [0.717, 1.165) is 41.1 Å². The maximum absolute atomic E-state index is 4.47. The topological polar surface area (TPSA) is 53.4 Å². The summed E-state index contributed by atoms with van der Waals surface area (Å²) in [7, 11) is 2.16. The molecule has 0 atom stereocenters. The third-order valence-corrected chi connectivity index (χ3v) is 6.11. The lowest BCUT2D eigenvalue weighted by molar-refractivity contribution is 0.318. The van der Waals surface area contributed by atoms with E-state index in [9.17, 15) is 0 Å². The fraction of sp³-hybridized carbons (Fsp3) is 0.190. The molecule has 0 radical (unpaired) electrons. The second-order valence-corrected chi connectivity index (χ2v) is 7.95. The molecule has 5 rings (SSSR count). The summed E-state index contributed by atoms with van der Waals surface area (Å²) in [6.45, 7) is 2.05. The molecule has 0 fully saturated rings. The fourth-order valence-corrected chi connectivity index (χ4v) is 4.86. The maximum Gasteiger partial charge on any atom is 0.158 e. The van der Waals surface area contributed by atoms with E-state index >= 15 is 0 Å². The van der Waals surface area contributed by atoms with E-state index < -0.39 is 0 Å². The van der Waals surface area contributed by atoms with Crippen LogP contribution in [0.25, 0.3) is 21.0 Å². The Morgan fingerprint density at radius 1 is 1.15 bits per heavy atom. The summed E-state index contributed by atoms with van der Waals surface area (Å²) >= 11 is 1.76. The van der Waals surface area contributed by atoms with E-state index in [2.05, 4.69) is 74.9 Å². The van der Waals surface area contributed by atoms with Crippen molar-refractivity contribution in [2.45, 2.75) is 13.0 Å². The summed E-state index contributed by atoms with van der Waals surface area (Å²) in [6.07, 6.45) is 4.48. The van der Waals surface area contributed by atoms with Crippen molar-refractivity contribution in [3.63, 3.8) is 0 Å². The zero-order valence-electron chi connectivity index (χ0n) is 15.0. The van der Waals surface area contributed by atoms with E-state index in [1.54, 1.807) is 17.7 Å². The number of benzene rings is 2. The van der Waals surface area contributed by atoms with Gasteiger partial charge in [-0.05, 0) is 41.4 Å². The Hall–Kier alpha value is -2.83. The van der Waals surface area contributed by atoms with Gasteiger partial charge in [0.05, 0.1) is 11.6 Å². The van der Waals surface area contributed by atoms with Crippen LogP contribution in [0.2, 0.25) is 0 Å². The van der Waals surface area contributed by atoms with Crippen LogP contribution >= 0.6 is 11.3 Å². The fourth-order valence-electron chi connectivity index (χ4n) is 3.60. The van der Waals surface area contributed by atoms with Crippen LogP contribution in [0, 0.1) is 0 Å². The molecule has 27 heavy (non-hydrogen) atoms. The molecular weight excluding hydrogens is 354 g/mol. The number of rotatable bonds is 3. The summed E-state index contributed by atoms with van der Waals surface area (Å²) in [6, 6.07) is 14.7. The van der Waals surface area contributed by atoms with Gasteiger partial charge in [0.1, 0.15) is 11.2 Å². The monoisotopic (exact) mass is 373 g/mol. The molecule has 1 aliphatic rings. The van der Waals surface area contributed by atoms with Gasteiger partial charge in [0.25, 0.3) is 0 Å². The lowest BCUT2D eigenvalue weighted by Crippen LogP contribution is -2.25. The third-order valence-electron chi connectivity index (χ3n) is 4.99. The highest BCUT2D eigenvalue weighted by molar-refractivity contribution is 7.18. The molecule has 0 aliphatic carbocycles. The number of hydrogen-bond donors (Lipinski definition) is 1. The molecule has 5 nitrogen and oxygen atoms in total. The predicted octanol–water partition coefficient (Wildman–Crippen LogP) is 4.28. The van der Waals surface area contributed by atoms with E-state index in [-0.39, 0.29) is 0 Å². The van der Waals surface area contributed by atoms with Crippen LogP contribution in [0.1, 0.15) is 16.0 Å². The van der Waals surface area contributed by atoms with Gasteiger partial charge >= 0.3 is 0 Å². The lowest BCUT2D eigenvalue weighted by Gasteiger charge is -2.22. The molecule has 0 saturated carbocycles. The van der Waals surface area contributed by atoms with Crippen LogP contribution in [-0.4, -0.2) is 34.7 Å². The second kappa shape index (κ2) is 6.72. The average Bonchev–Trinajstić information content (AvgIpc) is 3.06. The predicted molar refractivity (Wildman–Crippen MR) is 113 cm³/mol. The van der Waals surface area contributed by atoms with Crippen molar-refractivity contribution in [2.24, 2.45) is 5.10 Å². The first-order chi connectivity index (χ1) is 13.3. The summed E-state index contributed by atoms with van der Waals surface area (Å²) in [5, 5.41) is 8.01. The highest BCUT2D eigenvalue weighted by Gasteiger charge is 2.21. The Morgan fingerprint density at radius 2 is 2.04 bits per heavy atom. The first-order valence-corrected chi connectivity index (χ1v) is 9.81. The molecule has 0 spiro atoms. The second-order valence-electron chi connectivity index (χ2n) is 6.87. The first-order valence-electron chi connectivity index (χ1n) is 8.99. The van der Waals surface area contributed by atoms with Gasteiger partial charge in [-0.2, -0.15) is 5.10 Å². The zero-order valence-corrected chi connectivity index (χ0v) is 15.8. The normalized spacial score (nSPS) is 14.9. The minimum absolute atomic E-state index is 0.791. The molecule has 134 valence electrons. The minimum atomic E-state index is 0.791. The van der Waals surface area contributed by atoms with Gasteiger partial charge in [-0.3, -0.25) is 5.43 Å². The number of anilines is 1. The van der Waals surface area contributed by atoms with Crippen molar-refractivity contribution < 1.29 is 0 Å². The smallest absolute Gasteiger partial charge is 0.158 e. The molecule has 0 unspecified atom stereocenters. The van der Waals surface area contributed by atoms with Crippen LogP contribution in [0.15, 0.2) is 53.9 Å². The van der Waals surface area contributed by atoms with Gasteiger partial charge in [-0.25, -0.2) is 9.97 Å². The lowest BCUT2D eigenvalue weighted by atomic mass is 10.1.